The lowest BCUT2D eigenvalue weighted by molar-refractivity contribution is -0.386. The maximum atomic E-state index is 13.4. The Balaban J connectivity index is 0.000000211. The van der Waals surface area contributed by atoms with E-state index in [-0.39, 0.29) is 51.1 Å². The van der Waals surface area contributed by atoms with E-state index in [9.17, 15) is 67.0 Å². The van der Waals surface area contributed by atoms with Crippen LogP contribution in [0.4, 0.5) is 37.7 Å². The molecule has 0 atom stereocenters. The van der Waals surface area contributed by atoms with Crippen LogP contribution in [0.1, 0.15) is 28.2 Å². The Labute approximate surface area is 301 Å². The highest BCUT2D eigenvalue weighted by Gasteiger charge is 2.37. The third-order valence-corrected chi connectivity index (χ3v) is 7.56. The average Bonchev–Trinajstić information content (AvgIpc) is 3.77. The molecule has 4 heterocycles. The minimum Gasteiger partial charge on any atom is -0.504 e. The Morgan fingerprint density at radius 1 is 0.636 bits per heavy atom. The zero-order valence-corrected chi connectivity index (χ0v) is 27.9. The topological polar surface area (TPSA) is 245 Å². The van der Waals surface area contributed by atoms with Gasteiger partial charge in [-0.25, -0.2) is 9.97 Å². The number of nitro groups is 2. The summed E-state index contributed by atoms with van der Waals surface area (Å²) in [4.78, 5) is 35.7. The summed E-state index contributed by atoms with van der Waals surface area (Å²) in [6.07, 6.45) is -6.43. The SMILES string of the molecule is Cc1cc(C(F)(F)F)c(-c2nc(-c3cc(O)c(O)c([N+](=O)[O-])c3)co2)c(C)n1.Cc1cc(C(F)(F)F)c(-c2nc(-c3cc(O)c(O)c([N+](=O)[O-])c3)co2)cn1. The smallest absolute Gasteiger partial charge is 0.417 e. The number of hydrogen-bond donors (Lipinski definition) is 4. The number of aryl methyl sites for hydroxylation is 3. The number of nitrogens with zero attached hydrogens (tertiary/aromatic N) is 6. The Kier molecular flexibility index (Phi) is 10.1. The van der Waals surface area contributed by atoms with Crippen LogP contribution in [0.5, 0.6) is 23.0 Å². The number of aromatic hydroxyl groups is 4. The summed E-state index contributed by atoms with van der Waals surface area (Å²) >= 11 is 0. The van der Waals surface area contributed by atoms with Crippen LogP contribution in [-0.4, -0.2) is 50.2 Å². The summed E-state index contributed by atoms with van der Waals surface area (Å²) in [5.74, 6) is -4.22. The predicted octanol–water partition coefficient (Wildman–Crippen LogP) is 8.41. The van der Waals surface area contributed by atoms with Gasteiger partial charge in [0.25, 0.3) is 0 Å². The first-order chi connectivity index (χ1) is 25.6. The third-order valence-electron chi connectivity index (χ3n) is 7.56. The van der Waals surface area contributed by atoms with Gasteiger partial charge >= 0.3 is 23.7 Å². The first kappa shape index (κ1) is 39.0. The summed E-state index contributed by atoms with van der Waals surface area (Å²) < 4.78 is 90.3. The largest absolute Gasteiger partial charge is 0.504 e. The highest BCUT2D eigenvalue weighted by atomic mass is 19.4. The van der Waals surface area contributed by atoms with Crippen molar-refractivity contribution in [2.45, 2.75) is 33.1 Å². The molecule has 55 heavy (non-hydrogen) atoms. The van der Waals surface area contributed by atoms with Gasteiger partial charge in [0.15, 0.2) is 11.5 Å². The Morgan fingerprint density at radius 2 is 1.09 bits per heavy atom. The molecule has 2 aromatic carbocycles. The molecule has 0 aliphatic heterocycles. The van der Waals surface area contributed by atoms with Crippen LogP contribution in [0.25, 0.3) is 45.4 Å². The normalized spacial score (nSPS) is 11.6. The third kappa shape index (κ3) is 8.06. The summed E-state index contributed by atoms with van der Waals surface area (Å²) in [5.41, 5.74) is -4.16. The molecule has 22 heteroatoms. The lowest BCUT2D eigenvalue weighted by atomic mass is 10.0. The summed E-state index contributed by atoms with van der Waals surface area (Å²) in [6.45, 7) is 4.20. The molecule has 16 nitrogen and oxygen atoms in total. The van der Waals surface area contributed by atoms with Crippen LogP contribution in [0.2, 0.25) is 0 Å². The summed E-state index contributed by atoms with van der Waals surface area (Å²) in [5, 5.41) is 60.2. The van der Waals surface area contributed by atoms with Crippen LogP contribution in [-0.2, 0) is 12.4 Å². The zero-order valence-electron chi connectivity index (χ0n) is 27.9. The molecule has 0 saturated heterocycles. The van der Waals surface area contributed by atoms with Gasteiger partial charge in [0, 0.05) is 40.8 Å². The molecule has 0 radical (unpaired) electrons. The quantitative estimate of drug-likeness (QED) is 0.0537. The number of oxazole rings is 2. The molecule has 0 aliphatic rings. The van der Waals surface area contributed by atoms with E-state index in [4.69, 9.17) is 8.83 Å². The van der Waals surface area contributed by atoms with Crippen LogP contribution < -0.4 is 0 Å². The van der Waals surface area contributed by atoms with Crippen molar-refractivity contribution in [3.05, 3.63) is 104 Å². The second-order valence-electron chi connectivity index (χ2n) is 11.5. The highest BCUT2D eigenvalue weighted by molar-refractivity contribution is 5.73. The Bertz CT molecular complexity index is 2480. The fraction of sp³-hybridized carbons (Fsp3) is 0.152. The van der Waals surface area contributed by atoms with Crippen LogP contribution in [0.15, 0.2) is 64.0 Å². The van der Waals surface area contributed by atoms with E-state index < -0.39 is 79.2 Å². The molecule has 0 bridgehead atoms. The molecule has 6 rings (SSSR count). The zero-order chi connectivity index (χ0) is 40.7. The van der Waals surface area contributed by atoms with Gasteiger partial charge in [0.05, 0.1) is 37.8 Å². The van der Waals surface area contributed by atoms with E-state index >= 15 is 0 Å². The fourth-order valence-corrected chi connectivity index (χ4v) is 5.12. The first-order valence-corrected chi connectivity index (χ1v) is 15.0. The maximum absolute atomic E-state index is 13.4. The van der Waals surface area contributed by atoms with Crippen molar-refractivity contribution in [3.63, 3.8) is 0 Å². The molecule has 6 aromatic rings. The van der Waals surface area contributed by atoms with Gasteiger partial charge in [0.1, 0.15) is 23.9 Å². The van der Waals surface area contributed by atoms with Crippen molar-refractivity contribution in [3.8, 4) is 68.4 Å². The standard InChI is InChI=1S/C17H12F3N3O5.C16H10F3N3O5/c1-7-3-10(17(18,19)20)14(8(2)21-7)16-22-11(6-28-16)9-4-12(23(26)27)15(25)13(24)5-9;1-7-2-10(16(17,18)19)9(5-20-7)15-21-11(6-27-15)8-3-12(22(25)26)14(24)13(23)4-8/h3-6,24-25H,1-2H3;2-6,23-24H,1H3. The van der Waals surface area contributed by atoms with E-state index in [0.29, 0.717) is 0 Å². The van der Waals surface area contributed by atoms with Gasteiger partial charge in [-0.1, -0.05) is 0 Å². The minimum absolute atomic E-state index is 0.0247. The molecular weight excluding hydrogens is 754 g/mol. The number of rotatable bonds is 6. The van der Waals surface area contributed by atoms with Crippen molar-refractivity contribution in [2.24, 2.45) is 0 Å². The number of aromatic nitrogens is 4. The van der Waals surface area contributed by atoms with E-state index in [1.807, 2.05) is 0 Å². The van der Waals surface area contributed by atoms with E-state index in [1.165, 1.54) is 20.8 Å². The van der Waals surface area contributed by atoms with Crippen LogP contribution in [0.3, 0.4) is 0 Å². The monoisotopic (exact) mass is 776 g/mol. The van der Waals surface area contributed by atoms with E-state index in [2.05, 4.69) is 19.9 Å². The number of benzene rings is 2. The predicted molar refractivity (Wildman–Crippen MR) is 175 cm³/mol. The first-order valence-electron chi connectivity index (χ1n) is 15.0. The van der Waals surface area contributed by atoms with Crippen LogP contribution in [0, 0.1) is 41.0 Å². The van der Waals surface area contributed by atoms with E-state index in [0.717, 1.165) is 55.1 Å². The van der Waals surface area contributed by atoms with Gasteiger partial charge in [-0.15, -0.1) is 0 Å². The van der Waals surface area contributed by atoms with Crippen molar-refractivity contribution in [1.29, 1.82) is 0 Å². The van der Waals surface area contributed by atoms with Gasteiger partial charge < -0.3 is 29.3 Å². The number of nitro benzene ring substituents is 2. The van der Waals surface area contributed by atoms with Gasteiger partial charge in [0.2, 0.25) is 23.3 Å². The highest BCUT2D eigenvalue weighted by Crippen LogP contribution is 2.43. The lowest BCUT2D eigenvalue weighted by Gasteiger charge is -2.13. The van der Waals surface area contributed by atoms with Crippen molar-refractivity contribution in [1.82, 2.24) is 19.9 Å². The Hall–Kier alpha value is -7.26. The second kappa shape index (κ2) is 14.3. The molecule has 0 fully saturated rings. The second-order valence-corrected chi connectivity index (χ2v) is 11.5. The minimum atomic E-state index is -4.68. The fourth-order valence-electron chi connectivity index (χ4n) is 5.12. The molecular formula is C33H22F6N6O10. The van der Waals surface area contributed by atoms with Crippen LogP contribution >= 0.6 is 0 Å². The number of halogens is 6. The van der Waals surface area contributed by atoms with Gasteiger partial charge in [-0.05, 0) is 45.0 Å². The molecule has 0 saturated carbocycles. The molecule has 4 N–H and O–H groups in total. The molecule has 0 amide bonds. The van der Waals surface area contributed by atoms with Gasteiger partial charge in [-0.2, -0.15) is 26.3 Å². The molecule has 0 aliphatic carbocycles. The van der Waals surface area contributed by atoms with Crippen molar-refractivity contribution in [2.75, 3.05) is 0 Å². The maximum Gasteiger partial charge on any atom is 0.417 e. The van der Waals surface area contributed by atoms with E-state index in [1.54, 1.807) is 0 Å². The van der Waals surface area contributed by atoms with Gasteiger partial charge in [-0.3, -0.25) is 30.2 Å². The lowest BCUT2D eigenvalue weighted by Crippen LogP contribution is -2.10. The summed E-state index contributed by atoms with van der Waals surface area (Å²) in [7, 11) is 0. The Morgan fingerprint density at radius 3 is 1.56 bits per heavy atom. The van der Waals surface area contributed by atoms with Crippen molar-refractivity contribution >= 4 is 11.4 Å². The number of hydrogen-bond acceptors (Lipinski definition) is 14. The molecule has 286 valence electrons. The average molecular weight is 777 g/mol. The van der Waals surface area contributed by atoms with Crippen molar-refractivity contribution < 1.29 is 65.4 Å². The number of phenols is 4. The number of phenolic OH excluding ortho intramolecular Hbond substituents is 4. The molecule has 4 aromatic heterocycles. The molecule has 0 spiro atoms. The number of pyridine rings is 2. The number of alkyl halides is 6. The summed E-state index contributed by atoms with van der Waals surface area (Å²) in [6, 6.07) is 5.49. The molecule has 0 unspecified atom stereocenters.